The third kappa shape index (κ3) is 4.32. The summed E-state index contributed by atoms with van der Waals surface area (Å²) in [7, 11) is 2.90. The topological polar surface area (TPSA) is 85.2 Å². The number of hydrogen-bond acceptors (Lipinski definition) is 4. The maximum Gasteiger partial charge on any atom is 0.356 e. The third-order valence-electron chi connectivity index (χ3n) is 3.46. The van der Waals surface area contributed by atoms with Gasteiger partial charge in [-0.2, -0.15) is 5.10 Å². The first-order valence-electron chi connectivity index (χ1n) is 7.23. The average molecular weight is 316 g/mol. The van der Waals surface area contributed by atoms with Gasteiger partial charge in [0.15, 0.2) is 5.82 Å². The molecule has 0 atom stereocenters. The maximum atomic E-state index is 11.9. The predicted molar refractivity (Wildman–Crippen MR) is 86.5 cm³/mol. The highest BCUT2D eigenvalue weighted by molar-refractivity contribution is 5.92. The predicted octanol–water partition coefficient (Wildman–Crippen LogP) is 1.88. The van der Waals surface area contributed by atoms with Gasteiger partial charge in [-0.15, -0.1) is 0 Å². The zero-order chi connectivity index (χ0) is 16.8. The molecule has 0 aliphatic heterocycles. The number of ether oxygens (including phenoxy) is 1. The van der Waals surface area contributed by atoms with Gasteiger partial charge in [0.1, 0.15) is 5.69 Å². The summed E-state index contributed by atoms with van der Waals surface area (Å²) in [5, 5.41) is 9.40. The first kappa shape index (κ1) is 16.5. The fraction of sp³-hybridized carbons (Fsp3) is 0.312. The van der Waals surface area contributed by atoms with Crippen molar-refractivity contribution in [3.8, 4) is 0 Å². The van der Waals surface area contributed by atoms with Gasteiger partial charge in [-0.1, -0.05) is 24.3 Å². The monoisotopic (exact) mass is 316 g/mol. The van der Waals surface area contributed by atoms with Gasteiger partial charge in [-0.25, -0.2) is 9.59 Å². The van der Waals surface area contributed by atoms with E-state index in [0.717, 1.165) is 6.42 Å². The van der Waals surface area contributed by atoms with Crippen LogP contribution in [0.4, 0.5) is 10.6 Å². The summed E-state index contributed by atoms with van der Waals surface area (Å²) in [6.07, 6.45) is 0.746. The van der Waals surface area contributed by atoms with Crippen LogP contribution in [0.5, 0.6) is 0 Å². The zero-order valence-electron chi connectivity index (χ0n) is 13.4. The van der Waals surface area contributed by atoms with Crippen LogP contribution in [0.15, 0.2) is 30.3 Å². The number of nitrogens with zero attached hydrogens (tertiary/aromatic N) is 2. The number of methoxy groups -OCH3 is 1. The molecular formula is C16H20N4O3. The van der Waals surface area contributed by atoms with Crippen molar-refractivity contribution in [1.82, 2.24) is 15.1 Å². The van der Waals surface area contributed by atoms with Crippen molar-refractivity contribution in [1.29, 1.82) is 0 Å². The van der Waals surface area contributed by atoms with Crippen LogP contribution in [-0.4, -0.2) is 35.4 Å². The molecule has 2 N–H and O–H groups in total. The molecule has 23 heavy (non-hydrogen) atoms. The van der Waals surface area contributed by atoms with Gasteiger partial charge in [0.25, 0.3) is 0 Å². The van der Waals surface area contributed by atoms with Crippen molar-refractivity contribution in [3.63, 3.8) is 0 Å². The number of carbonyl (C=O) groups excluding carboxylic acids is 2. The number of rotatable bonds is 5. The van der Waals surface area contributed by atoms with E-state index in [4.69, 9.17) is 0 Å². The van der Waals surface area contributed by atoms with Gasteiger partial charge < -0.3 is 10.1 Å². The van der Waals surface area contributed by atoms with Crippen LogP contribution >= 0.6 is 0 Å². The van der Waals surface area contributed by atoms with Crippen LogP contribution in [0.2, 0.25) is 0 Å². The fourth-order valence-corrected chi connectivity index (χ4v) is 2.19. The summed E-state index contributed by atoms with van der Waals surface area (Å²) in [5.74, 6) is -0.214. The van der Waals surface area contributed by atoms with Crippen LogP contribution in [0.3, 0.4) is 0 Å². The van der Waals surface area contributed by atoms with Crippen molar-refractivity contribution in [2.45, 2.75) is 13.3 Å². The molecule has 2 aromatic rings. The smallest absolute Gasteiger partial charge is 0.356 e. The molecule has 0 aliphatic carbocycles. The number of nitrogens with one attached hydrogen (secondary N) is 2. The summed E-state index contributed by atoms with van der Waals surface area (Å²) in [6, 6.07) is 9.14. The SMILES string of the molecule is COC(=O)c1cc(NC(=O)NCCc2ccccc2C)nn1C. The highest BCUT2D eigenvalue weighted by Crippen LogP contribution is 2.09. The Bertz CT molecular complexity index is 709. The van der Waals surface area contributed by atoms with Crippen LogP contribution in [0.1, 0.15) is 21.6 Å². The van der Waals surface area contributed by atoms with Gasteiger partial charge >= 0.3 is 12.0 Å². The number of benzene rings is 1. The number of hydrogen-bond donors (Lipinski definition) is 2. The summed E-state index contributed by atoms with van der Waals surface area (Å²) < 4.78 is 5.99. The highest BCUT2D eigenvalue weighted by atomic mass is 16.5. The molecular weight excluding hydrogens is 296 g/mol. The normalized spacial score (nSPS) is 10.2. The Morgan fingerprint density at radius 1 is 1.30 bits per heavy atom. The van der Waals surface area contributed by atoms with E-state index in [1.807, 2.05) is 31.2 Å². The Morgan fingerprint density at radius 3 is 2.74 bits per heavy atom. The lowest BCUT2D eigenvalue weighted by Gasteiger charge is -2.07. The molecule has 1 aromatic heterocycles. The number of esters is 1. The summed E-state index contributed by atoms with van der Waals surface area (Å²) >= 11 is 0. The lowest BCUT2D eigenvalue weighted by molar-refractivity contribution is 0.0588. The van der Waals surface area contributed by atoms with Crippen molar-refractivity contribution in [2.24, 2.45) is 7.05 Å². The van der Waals surface area contributed by atoms with Gasteiger partial charge in [-0.05, 0) is 24.5 Å². The fourth-order valence-electron chi connectivity index (χ4n) is 2.19. The number of urea groups is 1. The lowest BCUT2D eigenvalue weighted by atomic mass is 10.1. The minimum atomic E-state index is -0.506. The second-order valence-corrected chi connectivity index (χ2v) is 5.09. The Labute approximate surface area is 134 Å². The molecule has 0 aliphatic rings. The summed E-state index contributed by atoms with van der Waals surface area (Å²) in [5.41, 5.74) is 2.66. The third-order valence-corrected chi connectivity index (χ3v) is 3.46. The van der Waals surface area contributed by atoms with E-state index >= 15 is 0 Å². The molecule has 7 nitrogen and oxygen atoms in total. The van der Waals surface area contributed by atoms with Crippen molar-refractivity contribution >= 4 is 17.8 Å². The van der Waals surface area contributed by atoms with Crippen LogP contribution in [0.25, 0.3) is 0 Å². The number of amides is 2. The second kappa shape index (κ2) is 7.44. The average Bonchev–Trinajstić information content (AvgIpc) is 2.89. The van der Waals surface area contributed by atoms with Crippen molar-refractivity contribution in [3.05, 3.63) is 47.2 Å². The Hall–Kier alpha value is -2.83. The molecule has 0 saturated heterocycles. The quantitative estimate of drug-likeness (QED) is 0.825. The lowest BCUT2D eigenvalue weighted by Crippen LogP contribution is -2.30. The molecule has 0 spiro atoms. The molecule has 0 saturated carbocycles. The largest absolute Gasteiger partial charge is 0.464 e. The van der Waals surface area contributed by atoms with Crippen LogP contribution < -0.4 is 10.6 Å². The van der Waals surface area contributed by atoms with E-state index < -0.39 is 5.97 Å². The van der Waals surface area contributed by atoms with E-state index in [2.05, 4.69) is 20.5 Å². The van der Waals surface area contributed by atoms with Gasteiger partial charge in [-0.3, -0.25) is 10.00 Å². The molecule has 2 rings (SSSR count). The number of anilines is 1. The van der Waals surface area contributed by atoms with Gasteiger partial charge in [0, 0.05) is 19.7 Å². The Morgan fingerprint density at radius 2 is 2.04 bits per heavy atom. The van der Waals surface area contributed by atoms with Crippen LogP contribution in [0, 0.1) is 6.92 Å². The molecule has 2 amide bonds. The molecule has 0 radical (unpaired) electrons. The van der Waals surface area contributed by atoms with Gasteiger partial charge in [0.05, 0.1) is 7.11 Å². The first-order valence-corrected chi connectivity index (χ1v) is 7.23. The minimum absolute atomic E-state index is 0.266. The van der Waals surface area contributed by atoms with E-state index in [1.165, 1.54) is 29.0 Å². The molecule has 7 heteroatoms. The maximum absolute atomic E-state index is 11.9. The van der Waals surface area contributed by atoms with Gasteiger partial charge in [0.2, 0.25) is 0 Å². The minimum Gasteiger partial charge on any atom is -0.464 e. The number of aryl methyl sites for hydroxylation is 2. The van der Waals surface area contributed by atoms with Crippen molar-refractivity contribution < 1.29 is 14.3 Å². The Balaban J connectivity index is 1.86. The van der Waals surface area contributed by atoms with Crippen LogP contribution in [-0.2, 0) is 18.2 Å². The molecule has 1 aromatic carbocycles. The standard InChI is InChI=1S/C16H20N4O3/c1-11-6-4-5-7-12(11)8-9-17-16(22)18-14-10-13(15(21)23-3)20(2)19-14/h4-7,10H,8-9H2,1-3H3,(H2,17,18,19,22). The Kier molecular flexibility index (Phi) is 5.35. The molecule has 0 fully saturated rings. The molecule has 1 heterocycles. The molecule has 0 bridgehead atoms. The molecule has 122 valence electrons. The number of carbonyl (C=O) groups is 2. The van der Waals surface area contributed by atoms with E-state index in [1.54, 1.807) is 7.05 Å². The summed E-state index contributed by atoms with van der Waals surface area (Å²) in [4.78, 5) is 23.3. The van der Waals surface area contributed by atoms with E-state index in [9.17, 15) is 9.59 Å². The second-order valence-electron chi connectivity index (χ2n) is 5.09. The van der Waals surface area contributed by atoms with E-state index in [-0.39, 0.29) is 11.7 Å². The summed E-state index contributed by atoms with van der Waals surface area (Å²) in [6.45, 7) is 2.55. The zero-order valence-corrected chi connectivity index (χ0v) is 13.4. The number of aromatic nitrogens is 2. The molecule has 0 unspecified atom stereocenters. The van der Waals surface area contributed by atoms with E-state index in [0.29, 0.717) is 12.4 Å². The van der Waals surface area contributed by atoms with Crippen molar-refractivity contribution in [2.75, 3.05) is 19.0 Å². The first-order chi connectivity index (χ1) is 11.0. The highest BCUT2D eigenvalue weighted by Gasteiger charge is 2.14.